The average Bonchev–Trinajstić information content (AvgIpc) is 3.33. The fraction of sp³-hybridized carbons (Fsp3) is 0.136. The van der Waals surface area contributed by atoms with Crippen molar-refractivity contribution in [1.82, 2.24) is 14.6 Å². The summed E-state index contributed by atoms with van der Waals surface area (Å²) in [5, 5.41) is 4.36. The minimum absolute atomic E-state index is 0.212. The molecule has 1 unspecified atom stereocenters. The molecule has 150 valence electrons. The van der Waals surface area contributed by atoms with Gasteiger partial charge in [-0.05, 0) is 24.3 Å². The molecule has 0 spiro atoms. The van der Waals surface area contributed by atoms with Crippen LogP contribution in [0, 0.1) is 0 Å². The van der Waals surface area contributed by atoms with E-state index in [4.69, 9.17) is 14.2 Å². The zero-order valence-electron chi connectivity index (χ0n) is 16.0. The smallest absolute Gasteiger partial charge is 0.291 e. The molecule has 3 heterocycles. The lowest BCUT2D eigenvalue weighted by atomic mass is 10.2. The van der Waals surface area contributed by atoms with Crippen molar-refractivity contribution in [2.45, 2.75) is 6.10 Å². The second-order valence-corrected chi connectivity index (χ2v) is 7.58. The van der Waals surface area contributed by atoms with E-state index in [0.29, 0.717) is 33.4 Å². The number of benzene rings is 2. The highest BCUT2D eigenvalue weighted by Gasteiger charge is 2.26. The number of rotatable bonds is 4. The highest BCUT2D eigenvalue weighted by Crippen LogP contribution is 2.35. The number of fused-ring (bicyclic) bond motifs is 2. The quantitative estimate of drug-likeness (QED) is 0.506. The Labute approximate surface area is 175 Å². The molecule has 1 atom stereocenters. The minimum atomic E-state index is -0.454. The SMILES string of the molecule is COc1ccccc1/C=C/C=c1/sc2nc(C3COc4ccccc4O3)nn2c1=O. The van der Waals surface area contributed by atoms with E-state index in [1.165, 1.54) is 15.9 Å². The van der Waals surface area contributed by atoms with E-state index in [0.717, 1.165) is 11.3 Å². The Morgan fingerprint density at radius 1 is 1.17 bits per heavy atom. The van der Waals surface area contributed by atoms with Crippen LogP contribution < -0.4 is 24.3 Å². The molecule has 0 radical (unpaired) electrons. The van der Waals surface area contributed by atoms with Gasteiger partial charge in [0.25, 0.3) is 5.56 Å². The zero-order chi connectivity index (χ0) is 20.5. The molecule has 4 aromatic rings. The summed E-state index contributed by atoms with van der Waals surface area (Å²) in [6.45, 7) is 0.295. The highest BCUT2D eigenvalue weighted by molar-refractivity contribution is 7.15. The molecule has 0 amide bonds. The summed E-state index contributed by atoms with van der Waals surface area (Å²) in [5.74, 6) is 2.54. The van der Waals surface area contributed by atoms with Gasteiger partial charge in [0.1, 0.15) is 12.4 Å². The van der Waals surface area contributed by atoms with Gasteiger partial charge in [0.05, 0.1) is 11.6 Å². The summed E-state index contributed by atoms with van der Waals surface area (Å²) >= 11 is 1.28. The van der Waals surface area contributed by atoms with Crippen LogP contribution in [0.2, 0.25) is 0 Å². The van der Waals surface area contributed by atoms with E-state index < -0.39 is 6.10 Å². The fourth-order valence-corrected chi connectivity index (χ4v) is 4.06. The predicted molar refractivity (Wildman–Crippen MR) is 114 cm³/mol. The number of thiazole rings is 1. The monoisotopic (exact) mass is 419 g/mol. The highest BCUT2D eigenvalue weighted by atomic mass is 32.1. The molecule has 1 aliphatic heterocycles. The molecule has 5 rings (SSSR count). The van der Waals surface area contributed by atoms with E-state index in [1.807, 2.05) is 60.7 Å². The number of ether oxygens (including phenoxy) is 3. The van der Waals surface area contributed by atoms with Gasteiger partial charge in [-0.15, -0.1) is 5.10 Å². The van der Waals surface area contributed by atoms with Crippen LogP contribution >= 0.6 is 11.3 Å². The van der Waals surface area contributed by atoms with Gasteiger partial charge >= 0.3 is 0 Å². The van der Waals surface area contributed by atoms with Crippen LogP contribution in [-0.4, -0.2) is 28.3 Å². The molecule has 2 aromatic carbocycles. The second kappa shape index (κ2) is 7.64. The summed E-state index contributed by atoms with van der Waals surface area (Å²) in [6, 6.07) is 15.1. The Hall–Kier alpha value is -3.65. The topological polar surface area (TPSA) is 74.9 Å². The number of allylic oxidation sites excluding steroid dienone is 1. The van der Waals surface area contributed by atoms with E-state index in [2.05, 4.69) is 10.1 Å². The molecule has 8 heteroatoms. The zero-order valence-corrected chi connectivity index (χ0v) is 16.8. The van der Waals surface area contributed by atoms with Crippen molar-refractivity contribution < 1.29 is 14.2 Å². The number of methoxy groups -OCH3 is 1. The first-order chi connectivity index (χ1) is 14.7. The molecule has 0 N–H and O–H groups in total. The summed E-state index contributed by atoms with van der Waals surface area (Å²) in [7, 11) is 1.63. The van der Waals surface area contributed by atoms with E-state index in [1.54, 1.807) is 13.2 Å². The molecule has 0 bridgehead atoms. The van der Waals surface area contributed by atoms with Gasteiger partial charge in [-0.1, -0.05) is 53.8 Å². The summed E-state index contributed by atoms with van der Waals surface area (Å²) < 4.78 is 18.8. The molecule has 7 nitrogen and oxygen atoms in total. The molecule has 30 heavy (non-hydrogen) atoms. The fourth-order valence-electron chi connectivity index (χ4n) is 3.19. The first-order valence-electron chi connectivity index (χ1n) is 9.32. The molecule has 0 aliphatic carbocycles. The third kappa shape index (κ3) is 3.31. The number of hydrogen-bond acceptors (Lipinski definition) is 7. The van der Waals surface area contributed by atoms with Gasteiger partial charge in [-0.2, -0.15) is 9.50 Å². The number of nitrogens with zero attached hydrogens (tertiary/aromatic N) is 3. The summed E-state index contributed by atoms with van der Waals surface area (Å²) in [5.41, 5.74) is 0.718. The summed E-state index contributed by atoms with van der Waals surface area (Å²) in [4.78, 5) is 17.7. The van der Waals surface area contributed by atoms with Crippen molar-refractivity contribution >= 4 is 28.4 Å². The lowest BCUT2D eigenvalue weighted by molar-refractivity contribution is 0.0852. The Morgan fingerprint density at radius 2 is 1.97 bits per heavy atom. The predicted octanol–water partition coefficient (Wildman–Crippen LogP) is 2.88. The van der Waals surface area contributed by atoms with Crippen LogP contribution in [0.5, 0.6) is 17.2 Å². The maximum absolute atomic E-state index is 12.7. The van der Waals surface area contributed by atoms with Crippen LogP contribution in [0.3, 0.4) is 0 Å². The Balaban J connectivity index is 1.41. The molecule has 0 fully saturated rings. The van der Waals surface area contributed by atoms with Gasteiger partial charge in [0.2, 0.25) is 4.96 Å². The third-order valence-electron chi connectivity index (χ3n) is 4.66. The second-order valence-electron chi connectivity index (χ2n) is 6.57. The van der Waals surface area contributed by atoms with Gasteiger partial charge in [0, 0.05) is 5.56 Å². The van der Waals surface area contributed by atoms with Gasteiger partial charge < -0.3 is 14.2 Å². The van der Waals surface area contributed by atoms with Crippen molar-refractivity contribution in [2.24, 2.45) is 0 Å². The Kier molecular flexibility index (Phi) is 4.68. The molecular formula is C22H17N3O4S. The third-order valence-corrected chi connectivity index (χ3v) is 5.63. The first-order valence-corrected chi connectivity index (χ1v) is 10.1. The largest absolute Gasteiger partial charge is 0.496 e. The van der Waals surface area contributed by atoms with Gasteiger partial charge in [-0.3, -0.25) is 4.79 Å². The first kappa shape index (κ1) is 18.4. The molecule has 2 aromatic heterocycles. The van der Waals surface area contributed by atoms with Crippen molar-refractivity contribution in [2.75, 3.05) is 13.7 Å². The van der Waals surface area contributed by atoms with Gasteiger partial charge in [0.15, 0.2) is 23.4 Å². The van der Waals surface area contributed by atoms with E-state index >= 15 is 0 Å². The van der Waals surface area contributed by atoms with Crippen molar-refractivity contribution in [1.29, 1.82) is 0 Å². The van der Waals surface area contributed by atoms with E-state index in [-0.39, 0.29) is 5.56 Å². The lowest BCUT2D eigenvalue weighted by Gasteiger charge is -2.24. The maximum atomic E-state index is 12.7. The molecule has 0 saturated heterocycles. The maximum Gasteiger partial charge on any atom is 0.291 e. The van der Waals surface area contributed by atoms with Crippen LogP contribution in [0.1, 0.15) is 17.5 Å². The van der Waals surface area contributed by atoms with Crippen LogP contribution in [0.25, 0.3) is 17.1 Å². The Morgan fingerprint density at radius 3 is 2.80 bits per heavy atom. The number of hydrogen-bond donors (Lipinski definition) is 0. The normalized spacial score (nSPS) is 16.4. The average molecular weight is 419 g/mol. The minimum Gasteiger partial charge on any atom is -0.496 e. The summed E-state index contributed by atoms with van der Waals surface area (Å²) in [6.07, 6.45) is 5.01. The molecular weight excluding hydrogens is 402 g/mol. The Bertz CT molecular complexity index is 1360. The van der Waals surface area contributed by atoms with Crippen molar-refractivity contribution in [3.8, 4) is 17.2 Å². The van der Waals surface area contributed by atoms with Gasteiger partial charge in [-0.25, -0.2) is 0 Å². The number of aromatic nitrogens is 3. The van der Waals surface area contributed by atoms with Crippen LogP contribution in [0.4, 0.5) is 0 Å². The van der Waals surface area contributed by atoms with Crippen LogP contribution in [-0.2, 0) is 0 Å². The standard InChI is InChI=1S/C22H17N3O4S/c1-27-15-9-3-2-7-14(15)8-6-12-19-21(26)25-22(30-19)23-20(24-25)18-13-28-16-10-4-5-11-17(16)29-18/h2-12,18H,13H2,1H3/b8-6+,19-12+. The number of para-hydroxylation sites is 3. The van der Waals surface area contributed by atoms with Crippen molar-refractivity contribution in [3.05, 3.63) is 80.9 Å². The molecule has 0 saturated carbocycles. The van der Waals surface area contributed by atoms with E-state index in [9.17, 15) is 4.79 Å². The van der Waals surface area contributed by atoms with Crippen LogP contribution in [0.15, 0.2) is 59.4 Å². The lowest BCUT2D eigenvalue weighted by Crippen LogP contribution is -2.25. The molecule has 1 aliphatic rings. The van der Waals surface area contributed by atoms with Crippen molar-refractivity contribution in [3.63, 3.8) is 0 Å².